The minimum Gasteiger partial charge on any atom is -0.493 e. The average molecular weight is 700 g/mol. The molecule has 11 nitrogen and oxygen atoms in total. The number of halogens is 1. The van der Waals surface area contributed by atoms with E-state index in [1.807, 2.05) is 42.2 Å². The van der Waals surface area contributed by atoms with Crippen LogP contribution in [0.25, 0.3) is 10.9 Å². The molecule has 0 spiro atoms. The van der Waals surface area contributed by atoms with Crippen molar-refractivity contribution >= 4 is 50.2 Å². The molecule has 3 aromatic rings. The number of ether oxygens (including phenoxy) is 3. The van der Waals surface area contributed by atoms with Crippen LogP contribution >= 0.6 is 15.9 Å². The minimum absolute atomic E-state index is 0.0702. The van der Waals surface area contributed by atoms with Crippen molar-refractivity contribution < 1.29 is 23.8 Å². The highest BCUT2D eigenvalue weighted by Gasteiger charge is 2.27. The molecule has 0 aliphatic carbocycles. The number of amides is 2. The number of methoxy groups -OCH3 is 1. The van der Waals surface area contributed by atoms with Crippen molar-refractivity contribution in [3.05, 3.63) is 46.7 Å². The number of nitrogens with zero attached hydrogens (tertiary/aromatic N) is 4. The third-order valence-electron chi connectivity index (χ3n) is 7.87. The summed E-state index contributed by atoms with van der Waals surface area (Å²) in [6, 6.07) is 8.77. The van der Waals surface area contributed by atoms with Crippen LogP contribution in [0.2, 0.25) is 0 Å². The Morgan fingerprint density at radius 2 is 2.00 bits per heavy atom. The predicted molar refractivity (Wildman–Crippen MR) is 184 cm³/mol. The Morgan fingerprint density at radius 3 is 2.76 bits per heavy atom. The number of anilines is 2. The molecule has 1 aromatic heterocycles. The van der Waals surface area contributed by atoms with Gasteiger partial charge in [-0.15, -0.1) is 0 Å². The van der Waals surface area contributed by atoms with Gasteiger partial charge in [0, 0.05) is 47.9 Å². The summed E-state index contributed by atoms with van der Waals surface area (Å²) in [6.07, 6.45) is 3.52. The number of aromatic nitrogens is 2. The third kappa shape index (κ3) is 10.0. The van der Waals surface area contributed by atoms with Gasteiger partial charge in [0.15, 0.2) is 11.5 Å². The van der Waals surface area contributed by atoms with Crippen molar-refractivity contribution in [2.75, 3.05) is 65.5 Å². The highest BCUT2D eigenvalue weighted by Crippen LogP contribution is 2.35. The molecule has 2 heterocycles. The van der Waals surface area contributed by atoms with E-state index in [2.05, 4.69) is 62.3 Å². The zero-order valence-electron chi connectivity index (χ0n) is 27.6. The number of fused-ring (bicyclic) bond motifs is 2. The van der Waals surface area contributed by atoms with Gasteiger partial charge in [-0.25, -0.2) is 9.97 Å². The Morgan fingerprint density at radius 1 is 1.17 bits per heavy atom. The number of carbonyl (C=O) groups excluding carboxylic acids is 2. The second-order valence-electron chi connectivity index (χ2n) is 12.0. The summed E-state index contributed by atoms with van der Waals surface area (Å²) >= 11 is 3.56. The number of carbonyl (C=O) groups is 2. The summed E-state index contributed by atoms with van der Waals surface area (Å²) in [4.78, 5) is 40.7. The number of nitrogens with one attached hydrogen (secondary N) is 2. The fraction of sp³-hybridized carbons (Fsp3) is 0.529. The number of benzene rings is 2. The molecule has 1 aliphatic heterocycles. The summed E-state index contributed by atoms with van der Waals surface area (Å²) in [6.45, 7) is 10.6. The molecule has 1 atom stereocenters. The second kappa shape index (κ2) is 17.4. The molecular formula is C34H47BrN6O5. The van der Waals surface area contributed by atoms with Crippen LogP contribution in [0.5, 0.6) is 11.5 Å². The lowest BCUT2D eigenvalue weighted by molar-refractivity contribution is -0.137. The number of hydrogen-bond donors (Lipinski definition) is 2. The van der Waals surface area contributed by atoms with E-state index in [9.17, 15) is 9.59 Å². The molecule has 4 rings (SSSR count). The highest BCUT2D eigenvalue weighted by atomic mass is 79.9. The molecule has 2 amide bonds. The van der Waals surface area contributed by atoms with Crippen molar-refractivity contribution in [2.45, 2.75) is 52.5 Å². The zero-order valence-corrected chi connectivity index (χ0v) is 29.2. The normalized spacial score (nSPS) is 16.3. The van der Waals surface area contributed by atoms with Gasteiger partial charge in [-0.3, -0.25) is 9.59 Å². The SMILES string of the molecule is CCOCCN(C)CCCN1CCCOc2cc3c(ncnc3cc2OC)Nc2cc(Br)ccc2CC(=O)N[C@H](CC(C)C)C1=O. The summed E-state index contributed by atoms with van der Waals surface area (Å²) in [7, 11) is 3.66. The first kappa shape index (κ1) is 35.4. The van der Waals surface area contributed by atoms with Gasteiger partial charge < -0.3 is 34.6 Å². The summed E-state index contributed by atoms with van der Waals surface area (Å²) in [5.74, 6) is 1.63. The number of rotatable bonds is 11. The third-order valence-corrected chi connectivity index (χ3v) is 8.36. The van der Waals surface area contributed by atoms with Crippen LogP contribution in [0, 0.1) is 5.92 Å². The summed E-state index contributed by atoms with van der Waals surface area (Å²) < 4.78 is 18.2. The first-order valence-electron chi connectivity index (χ1n) is 16.0. The first-order valence-corrected chi connectivity index (χ1v) is 16.8. The fourth-order valence-electron chi connectivity index (χ4n) is 5.49. The van der Waals surface area contributed by atoms with Gasteiger partial charge in [-0.2, -0.15) is 0 Å². The van der Waals surface area contributed by atoms with E-state index >= 15 is 0 Å². The van der Waals surface area contributed by atoms with Crippen molar-refractivity contribution in [3.63, 3.8) is 0 Å². The number of likely N-dealkylation sites (N-methyl/N-ethyl adjacent to an activating group) is 1. The molecule has 2 N–H and O–H groups in total. The van der Waals surface area contributed by atoms with Gasteiger partial charge in [-0.1, -0.05) is 35.8 Å². The first-order chi connectivity index (χ1) is 22.2. The Bertz CT molecular complexity index is 1470. The Hall–Kier alpha value is -3.48. The predicted octanol–water partition coefficient (Wildman–Crippen LogP) is 5.19. The van der Waals surface area contributed by atoms with Gasteiger partial charge in [0.2, 0.25) is 11.8 Å². The van der Waals surface area contributed by atoms with E-state index in [1.165, 1.54) is 6.33 Å². The molecule has 0 radical (unpaired) electrons. The quantitative estimate of drug-likeness (QED) is 0.261. The van der Waals surface area contributed by atoms with Crippen LogP contribution in [0.1, 0.15) is 45.6 Å². The molecule has 2 bridgehead atoms. The maximum Gasteiger partial charge on any atom is 0.245 e. The highest BCUT2D eigenvalue weighted by molar-refractivity contribution is 9.10. The van der Waals surface area contributed by atoms with Gasteiger partial charge in [-0.05, 0) is 69.5 Å². The lowest BCUT2D eigenvalue weighted by atomic mass is 10.0. The van der Waals surface area contributed by atoms with Crippen molar-refractivity contribution in [1.29, 1.82) is 0 Å². The van der Waals surface area contributed by atoms with E-state index in [1.54, 1.807) is 7.11 Å². The molecule has 0 saturated heterocycles. The van der Waals surface area contributed by atoms with Crippen molar-refractivity contribution in [2.24, 2.45) is 5.92 Å². The van der Waals surface area contributed by atoms with Gasteiger partial charge in [0.1, 0.15) is 18.2 Å². The molecule has 0 fully saturated rings. The minimum atomic E-state index is -0.636. The van der Waals surface area contributed by atoms with Crippen LogP contribution in [-0.4, -0.2) is 97.8 Å². The fourth-order valence-corrected chi connectivity index (χ4v) is 5.85. The summed E-state index contributed by atoms with van der Waals surface area (Å²) in [5, 5.41) is 7.25. The lowest BCUT2D eigenvalue weighted by Crippen LogP contribution is -2.50. The maximum absolute atomic E-state index is 14.1. The summed E-state index contributed by atoms with van der Waals surface area (Å²) in [5.41, 5.74) is 2.17. The van der Waals surface area contributed by atoms with E-state index in [0.29, 0.717) is 74.3 Å². The van der Waals surface area contributed by atoms with Gasteiger partial charge in [0.05, 0.1) is 32.3 Å². The molecule has 0 saturated carbocycles. The molecule has 250 valence electrons. The lowest BCUT2D eigenvalue weighted by Gasteiger charge is -2.30. The average Bonchev–Trinajstić information content (AvgIpc) is 3.02. The van der Waals surface area contributed by atoms with Gasteiger partial charge >= 0.3 is 0 Å². The maximum atomic E-state index is 14.1. The van der Waals surface area contributed by atoms with Crippen molar-refractivity contribution in [3.8, 4) is 11.5 Å². The van der Waals surface area contributed by atoms with E-state index in [-0.39, 0.29) is 24.2 Å². The zero-order chi connectivity index (χ0) is 33.1. The topological polar surface area (TPSA) is 118 Å². The number of hydrogen-bond acceptors (Lipinski definition) is 9. The smallest absolute Gasteiger partial charge is 0.245 e. The van der Waals surface area contributed by atoms with Gasteiger partial charge in [0.25, 0.3) is 0 Å². The van der Waals surface area contributed by atoms with Crippen LogP contribution < -0.4 is 20.1 Å². The Balaban J connectivity index is 1.66. The van der Waals surface area contributed by atoms with Crippen LogP contribution in [0.3, 0.4) is 0 Å². The van der Waals surface area contributed by atoms with Crippen molar-refractivity contribution in [1.82, 2.24) is 25.1 Å². The Labute approximate surface area is 280 Å². The van der Waals surface area contributed by atoms with Crippen LogP contribution in [-0.2, 0) is 20.7 Å². The Kier molecular flexibility index (Phi) is 13.4. The van der Waals surface area contributed by atoms with Crippen LogP contribution in [0.4, 0.5) is 11.5 Å². The molecule has 1 aliphatic rings. The van der Waals surface area contributed by atoms with E-state index < -0.39 is 6.04 Å². The van der Waals surface area contributed by atoms with E-state index in [0.717, 1.165) is 34.9 Å². The standard InChI is InChI=1S/C34H47BrN6O5/c1-6-45-16-14-40(4)11-7-12-41-13-8-15-46-31-20-26-28(21-30(31)44-5)36-22-37-33(26)39-27-19-25(35)10-9-24(27)18-32(42)38-29(34(41)43)17-23(2)3/h9-10,19-23,29H,6-8,11-18H2,1-5H3,(H,38,42)(H,36,37,39)/t29-/m1/s1. The molecular weight excluding hydrogens is 652 g/mol. The molecule has 2 aromatic carbocycles. The molecule has 0 unspecified atom stereocenters. The van der Waals surface area contributed by atoms with Crippen LogP contribution in [0.15, 0.2) is 41.1 Å². The monoisotopic (exact) mass is 698 g/mol. The molecule has 12 heteroatoms. The largest absolute Gasteiger partial charge is 0.493 e. The van der Waals surface area contributed by atoms with E-state index in [4.69, 9.17) is 14.2 Å². The second-order valence-corrected chi connectivity index (χ2v) is 12.9. The molecule has 46 heavy (non-hydrogen) atoms.